The van der Waals surface area contributed by atoms with Crippen LogP contribution in [0.5, 0.6) is 0 Å². The highest BCUT2D eigenvalue weighted by Gasteiger charge is 2.17. The quantitative estimate of drug-likeness (QED) is 0.481. The number of nitrogens with zero attached hydrogens (tertiary/aromatic N) is 1. The van der Waals surface area contributed by atoms with Crippen LogP contribution in [0.2, 0.25) is 5.02 Å². The molecule has 0 amide bonds. The van der Waals surface area contributed by atoms with E-state index in [1.165, 1.54) is 15.2 Å². The number of halogens is 1. The lowest BCUT2D eigenvalue weighted by Crippen LogP contribution is -1.81. The molecule has 0 bridgehead atoms. The fourth-order valence-corrected chi connectivity index (χ4v) is 3.63. The van der Waals surface area contributed by atoms with Crippen molar-refractivity contribution >= 4 is 42.7 Å². The minimum atomic E-state index is 0.844. The molecule has 0 aliphatic heterocycles. The average molecular weight is 217 g/mol. The van der Waals surface area contributed by atoms with Crippen LogP contribution in [0.1, 0.15) is 11.1 Å². The second kappa shape index (κ2) is 2.91. The maximum atomic E-state index is 6.03. The van der Waals surface area contributed by atoms with Crippen LogP contribution in [0.3, 0.4) is 0 Å². The predicted octanol–water partition coefficient (Wildman–Crippen LogP) is 3.91. The Morgan fingerprint density at radius 3 is 3.00 bits per heavy atom. The Morgan fingerprint density at radius 2 is 2.25 bits per heavy atom. The van der Waals surface area contributed by atoms with Crippen molar-refractivity contribution in [3.05, 3.63) is 22.2 Å². The van der Waals surface area contributed by atoms with E-state index in [1.807, 2.05) is 19.9 Å². The minimum Gasteiger partial charge on any atom is -0.134 e. The van der Waals surface area contributed by atoms with Gasteiger partial charge in [0, 0.05) is 10.6 Å². The molecule has 0 spiro atoms. The van der Waals surface area contributed by atoms with Crippen LogP contribution in [-0.4, -0.2) is 4.37 Å². The highest BCUT2D eigenvalue weighted by molar-refractivity contribution is 7.70. The molecule has 1 nitrogen and oxygen atoms in total. The van der Waals surface area contributed by atoms with Crippen LogP contribution in [-0.2, 0) is 0 Å². The van der Waals surface area contributed by atoms with E-state index in [4.69, 9.17) is 11.6 Å². The van der Waals surface area contributed by atoms with Gasteiger partial charge in [-0.1, -0.05) is 11.6 Å². The lowest BCUT2D eigenvalue weighted by atomic mass is 10.1. The van der Waals surface area contributed by atoms with Crippen molar-refractivity contribution in [2.45, 2.75) is 13.8 Å². The summed E-state index contributed by atoms with van der Waals surface area (Å²) in [6.45, 7) is 4.08. The number of fused-ring (bicyclic) bond motifs is 1. The smallest absolute Gasteiger partial charge is 0.134 e. The summed E-state index contributed by atoms with van der Waals surface area (Å²) in [5.41, 5.74) is 3.42. The summed E-state index contributed by atoms with van der Waals surface area (Å²) in [4.78, 5) is 0. The van der Waals surface area contributed by atoms with Crippen molar-refractivity contribution in [2.75, 3.05) is 0 Å². The molecular weight excluding hydrogens is 210 g/mol. The van der Waals surface area contributed by atoms with E-state index in [-0.39, 0.29) is 0 Å². The molecule has 1 aromatic carbocycles. The molecule has 0 aliphatic rings. The number of benzene rings is 1. The number of aryl methyl sites for hydroxylation is 2. The summed E-state index contributed by atoms with van der Waals surface area (Å²) in [7, 11) is 3.21. The summed E-state index contributed by atoms with van der Waals surface area (Å²) >= 11 is 6.03. The van der Waals surface area contributed by atoms with E-state index in [0.29, 0.717) is 0 Å². The Morgan fingerprint density at radius 1 is 1.50 bits per heavy atom. The molecule has 4 heteroatoms. The maximum absolute atomic E-state index is 6.03. The minimum absolute atomic E-state index is 0.844. The third-order valence-electron chi connectivity index (χ3n) is 1.88. The van der Waals surface area contributed by atoms with Gasteiger partial charge in [0.25, 0.3) is 15.2 Å². The van der Waals surface area contributed by atoms with Crippen LogP contribution in [0.15, 0.2) is 6.07 Å². The lowest BCUT2D eigenvalue weighted by molar-refractivity contribution is 1.45. The third-order valence-corrected chi connectivity index (χ3v) is 4.22. The molecule has 2 aromatic rings. The van der Waals surface area contributed by atoms with Crippen LogP contribution >= 0.6 is 32.5 Å². The molecule has 2 rings (SSSR count). The molecule has 0 unspecified atom stereocenters. The first-order chi connectivity index (χ1) is 5.70. The number of hydrogen-bond acceptors (Lipinski definition) is 2. The van der Waals surface area contributed by atoms with Gasteiger partial charge in [-0.05, 0) is 25.5 Å². The second-order valence-electron chi connectivity index (χ2n) is 2.73. The first kappa shape index (κ1) is 8.35. The molecule has 0 atom stereocenters. The molecule has 1 heterocycles. The van der Waals surface area contributed by atoms with Crippen molar-refractivity contribution in [3.63, 3.8) is 0 Å². The van der Waals surface area contributed by atoms with Crippen molar-refractivity contribution in [2.24, 2.45) is 0 Å². The highest BCUT2D eigenvalue weighted by Crippen LogP contribution is 2.32. The zero-order valence-electron chi connectivity index (χ0n) is 6.72. The Labute approximate surface area is 83.2 Å². The van der Waals surface area contributed by atoms with Gasteiger partial charge >= 0.3 is 10.3 Å². The van der Waals surface area contributed by atoms with E-state index < -0.39 is 0 Å². The molecule has 0 radical (unpaired) electrons. The van der Waals surface area contributed by atoms with Crippen LogP contribution in [0.25, 0.3) is 10.2 Å². The first-order valence-electron chi connectivity index (χ1n) is 3.54. The highest BCUT2D eigenvalue weighted by atomic mass is 35.5. The van der Waals surface area contributed by atoms with E-state index in [0.717, 1.165) is 21.7 Å². The van der Waals surface area contributed by atoms with Crippen LogP contribution in [0, 0.1) is 13.8 Å². The zero-order chi connectivity index (χ0) is 8.72. The Balaban J connectivity index is 2.97. The van der Waals surface area contributed by atoms with Gasteiger partial charge in [0.1, 0.15) is 0 Å². The summed E-state index contributed by atoms with van der Waals surface area (Å²) < 4.78 is 5.55. The summed E-state index contributed by atoms with van der Waals surface area (Å²) in [5, 5.41) is 0.844. The Kier molecular flexibility index (Phi) is 2.02. The molecular formula is C8H7ClNS2+. The normalized spacial score (nSPS) is 10.9. The molecule has 1 aromatic heterocycles. The van der Waals surface area contributed by atoms with Gasteiger partial charge in [-0.25, -0.2) is 0 Å². The van der Waals surface area contributed by atoms with Crippen molar-refractivity contribution in [1.82, 2.24) is 4.37 Å². The van der Waals surface area contributed by atoms with Gasteiger partial charge in [0.05, 0.1) is 0 Å². The van der Waals surface area contributed by atoms with Gasteiger partial charge < -0.3 is 0 Å². The van der Waals surface area contributed by atoms with Gasteiger partial charge in [-0.2, -0.15) is 0 Å². The second-order valence-corrected chi connectivity index (χ2v) is 4.99. The zero-order valence-corrected chi connectivity index (χ0v) is 9.11. The molecule has 0 N–H and O–H groups in total. The summed E-state index contributed by atoms with van der Waals surface area (Å²) in [6, 6.07) is 1.98. The number of aromatic nitrogens is 1. The third kappa shape index (κ3) is 1.13. The van der Waals surface area contributed by atoms with Crippen molar-refractivity contribution in [1.29, 1.82) is 0 Å². The van der Waals surface area contributed by atoms with E-state index in [1.54, 1.807) is 10.3 Å². The molecule has 0 saturated carbocycles. The summed E-state index contributed by atoms with van der Waals surface area (Å²) in [6.07, 6.45) is 0. The van der Waals surface area contributed by atoms with E-state index in [2.05, 4.69) is 4.37 Å². The SMILES string of the molecule is Cc1cc(Cl)c(C)c2[s+]snc12. The molecule has 12 heavy (non-hydrogen) atoms. The fourth-order valence-electron chi connectivity index (χ4n) is 1.14. The maximum Gasteiger partial charge on any atom is 0.323 e. The molecule has 62 valence electrons. The van der Waals surface area contributed by atoms with Crippen LogP contribution < -0.4 is 0 Å². The topological polar surface area (TPSA) is 12.9 Å². The van der Waals surface area contributed by atoms with E-state index in [9.17, 15) is 0 Å². The Hall–Kier alpha value is -0.250. The first-order valence-corrected chi connectivity index (χ1v) is 6.03. The van der Waals surface area contributed by atoms with Gasteiger partial charge in [0.15, 0.2) is 5.52 Å². The molecule has 0 fully saturated rings. The number of rotatable bonds is 0. The Bertz CT molecular complexity index is 436. The van der Waals surface area contributed by atoms with Gasteiger partial charge in [0.2, 0.25) is 0 Å². The van der Waals surface area contributed by atoms with Crippen molar-refractivity contribution in [3.8, 4) is 0 Å². The number of hydrogen-bond donors (Lipinski definition) is 0. The van der Waals surface area contributed by atoms with E-state index >= 15 is 0 Å². The monoisotopic (exact) mass is 216 g/mol. The largest absolute Gasteiger partial charge is 0.323 e. The van der Waals surface area contributed by atoms with Gasteiger partial charge in [-0.3, -0.25) is 0 Å². The standard InChI is InChI=1S/C8H7ClNS2/c1-4-3-6(9)5(2)8-7(4)10-12-11-8/h3H,1-2H3/q+1. The summed E-state index contributed by atoms with van der Waals surface area (Å²) in [5.74, 6) is 0. The lowest BCUT2D eigenvalue weighted by Gasteiger charge is -1.95. The molecule has 0 aliphatic carbocycles. The predicted molar refractivity (Wildman–Crippen MR) is 56.4 cm³/mol. The van der Waals surface area contributed by atoms with Gasteiger partial charge in [-0.15, -0.1) is 4.37 Å². The van der Waals surface area contributed by atoms with Crippen molar-refractivity contribution < 1.29 is 0 Å². The average Bonchev–Trinajstić information content (AvgIpc) is 2.48. The van der Waals surface area contributed by atoms with Crippen LogP contribution in [0.4, 0.5) is 0 Å². The fraction of sp³-hybridized carbons (Fsp3) is 0.250. The molecule has 0 saturated heterocycles.